The summed E-state index contributed by atoms with van der Waals surface area (Å²) in [6, 6.07) is 14.8. The van der Waals surface area contributed by atoms with E-state index < -0.39 is 20.1 Å². The van der Waals surface area contributed by atoms with E-state index >= 15 is 0 Å². The fourth-order valence-corrected chi connectivity index (χ4v) is 4.63. The Labute approximate surface area is 162 Å². The first-order valence-corrected chi connectivity index (χ1v) is 11.7. The van der Waals surface area contributed by atoms with Gasteiger partial charge < -0.3 is 4.18 Å². The van der Waals surface area contributed by atoms with Crippen LogP contribution in [0.15, 0.2) is 59.5 Å². The van der Waals surface area contributed by atoms with Crippen LogP contribution in [0.25, 0.3) is 0 Å². The summed E-state index contributed by atoms with van der Waals surface area (Å²) in [5.74, 6) is 0.165. The Balaban J connectivity index is 2.32. The van der Waals surface area contributed by atoms with E-state index in [0.717, 1.165) is 0 Å². The fraction of sp³-hybridized carbons (Fsp3) is 0.368. The molecule has 8 heteroatoms. The zero-order valence-corrected chi connectivity index (χ0v) is 17.3. The quantitative estimate of drug-likeness (QED) is 0.592. The van der Waals surface area contributed by atoms with Gasteiger partial charge in [0, 0.05) is 13.1 Å². The lowest BCUT2D eigenvalue weighted by Crippen LogP contribution is -2.33. The van der Waals surface area contributed by atoms with Crippen molar-refractivity contribution in [3.05, 3.63) is 60.2 Å². The molecule has 0 aliphatic carbocycles. The molecule has 0 radical (unpaired) electrons. The number of hydrogen-bond donors (Lipinski definition) is 0. The number of nitrogens with zero attached hydrogens (tertiary/aromatic N) is 1. The molecule has 0 heterocycles. The van der Waals surface area contributed by atoms with E-state index in [4.69, 9.17) is 4.18 Å². The van der Waals surface area contributed by atoms with E-state index in [1.165, 1.54) is 17.3 Å². The maximum atomic E-state index is 13.0. The number of benzene rings is 2. The van der Waals surface area contributed by atoms with Gasteiger partial charge in [0.2, 0.25) is 10.0 Å². The van der Waals surface area contributed by atoms with Gasteiger partial charge in [-0.1, -0.05) is 44.2 Å². The molecule has 27 heavy (non-hydrogen) atoms. The molecule has 2 aromatic carbocycles. The van der Waals surface area contributed by atoms with Gasteiger partial charge in [-0.15, -0.1) is 0 Å². The van der Waals surface area contributed by atoms with Crippen LogP contribution >= 0.6 is 0 Å². The Kier molecular flexibility index (Phi) is 7.02. The summed E-state index contributed by atoms with van der Waals surface area (Å²) in [6.07, 6.45) is 0. The first-order valence-electron chi connectivity index (χ1n) is 8.70. The smallest absolute Gasteiger partial charge is 0.308 e. The van der Waals surface area contributed by atoms with Gasteiger partial charge >= 0.3 is 10.1 Å². The van der Waals surface area contributed by atoms with Gasteiger partial charge in [-0.05, 0) is 42.7 Å². The normalized spacial score (nSPS) is 12.5. The molecule has 6 nitrogen and oxygen atoms in total. The van der Waals surface area contributed by atoms with Crippen molar-refractivity contribution >= 4 is 20.1 Å². The molecule has 0 amide bonds. The Morgan fingerprint density at radius 1 is 0.963 bits per heavy atom. The Hall–Kier alpha value is -1.90. The predicted molar refractivity (Wildman–Crippen MR) is 105 cm³/mol. The summed E-state index contributed by atoms with van der Waals surface area (Å²) >= 11 is 0. The molecule has 2 rings (SSSR count). The van der Waals surface area contributed by atoms with E-state index in [1.807, 2.05) is 13.8 Å². The number of sulfonamides is 1. The molecule has 0 fully saturated rings. The van der Waals surface area contributed by atoms with Crippen molar-refractivity contribution in [2.75, 3.05) is 12.3 Å². The second-order valence-electron chi connectivity index (χ2n) is 6.58. The minimum absolute atomic E-state index is 0.124. The first-order chi connectivity index (χ1) is 12.6. The van der Waals surface area contributed by atoms with Gasteiger partial charge in [0.1, 0.15) is 5.75 Å². The third-order valence-electron chi connectivity index (χ3n) is 3.78. The van der Waals surface area contributed by atoms with E-state index in [2.05, 4.69) is 0 Å². The average molecular weight is 412 g/mol. The van der Waals surface area contributed by atoms with Crippen molar-refractivity contribution in [2.24, 2.45) is 5.92 Å². The van der Waals surface area contributed by atoms with Crippen molar-refractivity contribution in [1.82, 2.24) is 4.31 Å². The van der Waals surface area contributed by atoms with Gasteiger partial charge in [-0.2, -0.15) is 12.7 Å². The zero-order chi connectivity index (χ0) is 20.1. The van der Waals surface area contributed by atoms with Crippen LogP contribution in [0, 0.1) is 5.92 Å². The monoisotopic (exact) mass is 411 g/mol. The van der Waals surface area contributed by atoms with Crippen LogP contribution in [0.5, 0.6) is 5.75 Å². The van der Waals surface area contributed by atoms with E-state index in [9.17, 15) is 16.8 Å². The summed E-state index contributed by atoms with van der Waals surface area (Å²) in [4.78, 5) is 0.228. The minimum atomic E-state index is -3.67. The van der Waals surface area contributed by atoms with Gasteiger partial charge in [0.25, 0.3) is 0 Å². The van der Waals surface area contributed by atoms with Crippen molar-refractivity contribution in [1.29, 1.82) is 0 Å². The molecule has 0 aliphatic rings. The lowest BCUT2D eigenvalue weighted by molar-refractivity contribution is 0.361. The topological polar surface area (TPSA) is 80.8 Å². The summed E-state index contributed by atoms with van der Waals surface area (Å²) in [6.45, 7) is 5.85. The molecule has 0 aromatic heterocycles. The molecule has 0 N–H and O–H groups in total. The molecule has 0 unspecified atom stereocenters. The van der Waals surface area contributed by atoms with Crippen molar-refractivity contribution in [2.45, 2.75) is 32.2 Å². The van der Waals surface area contributed by atoms with Crippen LogP contribution < -0.4 is 4.18 Å². The lowest BCUT2D eigenvalue weighted by Gasteiger charge is -2.24. The maximum Gasteiger partial charge on any atom is 0.308 e. The van der Waals surface area contributed by atoms with Crippen LogP contribution in [0.3, 0.4) is 0 Å². The summed E-state index contributed by atoms with van der Waals surface area (Å²) in [7, 11) is -7.31. The van der Waals surface area contributed by atoms with Crippen LogP contribution in [0.4, 0.5) is 0 Å². The fourth-order valence-electron chi connectivity index (χ4n) is 2.50. The van der Waals surface area contributed by atoms with Crippen LogP contribution in [-0.2, 0) is 26.7 Å². The Morgan fingerprint density at radius 3 is 2.22 bits per heavy atom. The van der Waals surface area contributed by atoms with Crippen LogP contribution in [0.2, 0.25) is 0 Å². The van der Waals surface area contributed by atoms with E-state index in [0.29, 0.717) is 12.1 Å². The van der Waals surface area contributed by atoms with E-state index in [-0.39, 0.29) is 28.9 Å². The highest BCUT2D eigenvalue weighted by Crippen LogP contribution is 2.22. The lowest BCUT2D eigenvalue weighted by atomic mass is 10.2. The minimum Gasteiger partial charge on any atom is -0.382 e. The molecule has 2 aromatic rings. The molecule has 0 bridgehead atoms. The van der Waals surface area contributed by atoms with Crippen LogP contribution in [-0.4, -0.2) is 33.4 Å². The highest BCUT2D eigenvalue weighted by molar-refractivity contribution is 7.89. The SMILES string of the molecule is CCS(=O)(=O)Oc1cccc(CN(CC(C)C)S(=O)(=O)c2ccccc2)c1. The molecule has 0 spiro atoms. The van der Waals surface area contributed by atoms with Gasteiger partial charge in [0.15, 0.2) is 0 Å². The molecule has 0 aliphatic heterocycles. The van der Waals surface area contributed by atoms with E-state index in [1.54, 1.807) is 48.5 Å². The second kappa shape index (κ2) is 8.86. The molecule has 0 atom stereocenters. The summed E-state index contributed by atoms with van der Waals surface area (Å²) in [5, 5.41) is 0. The highest BCUT2D eigenvalue weighted by Gasteiger charge is 2.25. The van der Waals surface area contributed by atoms with Gasteiger partial charge in [-0.3, -0.25) is 0 Å². The largest absolute Gasteiger partial charge is 0.382 e. The molecule has 0 saturated heterocycles. The summed E-state index contributed by atoms with van der Waals surface area (Å²) < 4.78 is 55.8. The molecule has 0 saturated carbocycles. The molecular formula is C19H25NO5S2. The van der Waals surface area contributed by atoms with Crippen molar-refractivity contribution < 1.29 is 21.0 Å². The zero-order valence-electron chi connectivity index (χ0n) is 15.7. The third-order valence-corrected chi connectivity index (χ3v) is 6.76. The summed E-state index contributed by atoms with van der Waals surface area (Å²) in [5.41, 5.74) is 0.652. The van der Waals surface area contributed by atoms with Gasteiger partial charge in [0.05, 0.1) is 10.6 Å². The standard InChI is InChI=1S/C19H25NO5S2/c1-4-26(21,22)25-18-10-8-9-17(13-18)15-20(14-16(2)3)27(23,24)19-11-6-5-7-12-19/h5-13,16H,4,14-15H2,1-3H3. The predicted octanol–water partition coefficient (Wildman–Crippen LogP) is 3.26. The number of rotatable bonds is 9. The molecule has 148 valence electrons. The number of hydrogen-bond acceptors (Lipinski definition) is 5. The first kappa shape index (κ1) is 21.4. The maximum absolute atomic E-state index is 13.0. The van der Waals surface area contributed by atoms with Gasteiger partial charge in [-0.25, -0.2) is 8.42 Å². The van der Waals surface area contributed by atoms with Crippen molar-refractivity contribution in [3.63, 3.8) is 0 Å². The average Bonchev–Trinajstić information content (AvgIpc) is 2.61. The Bertz CT molecular complexity index is 955. The Morgan fingerprint density at radius 2 is 1.63 bits per heavy atom. The third kappa shape index (κ3) is 6.05. The van der Waals surface area contributed by atoms with Crippen molar-refractivity contribution in [3.8, 4) is 5.75 Å². The highest BCUT2D eigenvalue weighted by atomic mass is 32.2. The van der Waals surface area contributed by atoms with Crippen LogP contribution in [0.1, 0.15) is 26.3 Å². The molecular weight excluding hydrogens is 386 g/mol. The second-order valence-corrected chi connectivity index (χ2v) is 10.4.